The molecule has 6 heteroatoms. The van der Waals surface area contributed by atoms with E-state index in [1.54, 1.807) is 4.68 Å². The molecule has 0 fully saturated rings. The zero-order chi connectivity index (χ0) is 16.8. The minimum Gasteiger partial charge on any atom is -0.372 e. The number of rotatable bonds is 7. The van der Waals surface area contributed by atoms with E-state index in [4.69, 9.17) is 4.74 Å². The Morgan fingerprint density at radius 1 is 1.08 bits per heavy atom. The van der Waals surface area contributed by atoms with E-state index < -0.39 is 0 Å². The van der Waals surface area contributed by atoms with Crippen LogP contribution in [0.5, 0.6) is 0 Å². The van der Waals surface area contributed by atoms with Crippen LogP contribution < -0.4 is 5.32 Å². The number of anilines is 1. The van der Waals surface area contributed by atoms with Gasteiger partial charge in [-0.15, -0.1) is 10.2 Å². The first-order valence-corrected chi connectivity index (χ1v) is 8.03. The van der Waals surface area contributed by atoms with Gasteiger partial charge in [0.25, 0.3) is 0 Å². The van der Waals surface area contributed by atoms with Gasteiger partial charge in [-0.1, -0.05) is 30.3 Å². The van der Waals surface area contributed by atoms with Crippen molar-refractivity contribution in [1.29, 1.82) is 0 Å². The lowest BCUT2D eigenvalue weighted by atomic mass is 10.1. The zero-order valence-corrected chi connectivity index (χ0v) is 13.9. The second-order valence-corrected chi connectivity index (χ2v) is 5.41. The Labute approximate surface area is 141 Å². The van der Waals surface area contributed by atoms with E-state index in [1.165, 1.54) is 0 Å². The number of aromatic nitrogens is 4. The molecule has 124 valence electrons. The van der Waals surface area contributed by atoms with Gasteiger partial charge in [0.05, 0.1) is 11.8 Å². The number of benzene rings is 1. The highest BCUT2D eigenvalue weighted by Gasteiger charge is 2.11. The van der Waals surface area contributed by atoms with Gasteiger partial charge >= 0.3 is 0 Å². The minimum absolute atomic E-state index is 0.0218. The summed E-state index contributed by atoms with van der Waals surface area (Å²) in [7, 11) is 0. The summed E-state index contributed by atoms with van der Waals surface area (Å²) in [6, 6.07) is 15.9. The zero-order valence-electron chi connectivity index (χ0n) is 13.9. The van der Waals surface area contributed by atoms with Crippen molar-refractivity contribution in [3.8, 4) is 5.82 Å². The molecule has 1 unspecified atom stereocenters. The molecule has 0 bridgehead atoms. The molecule has 1 aromatic carbocycles. The average Bonchev–Trinajstić information content (AvgIpc) is 3.06. The van der Waals surface area contributed by atoms with Crippen LogP contribution in [0.15, 0.2) is 54.7 Å². The van der Waals surface area contributed by atoms with Gasteiger partial charge < -0.3 is 10.1 Å². The van der Waals surface area contributed by atoms with Gasteiger partial charge in [-0.3, -0.25) is 0 Å². The van der Waals surface area contributed by atoms with Crippen LogP contribution in [-0.4, -0.2) is 33.1 Å². The van der Waals surface area contributed by atoms with E-state index in [9.17, 15) is 0 Å². The second-order valence-electron chi connectivity index (χ2n) is 5.41. The molecule has 3 aromatic rings. The first-order chi connectivity index (χ1) is 11.8. The highest BCUT2D eigenvalue weighted by Crippen LogP contribution is 2.18. The number of nitrogens with one attached hydrogen (secondary N) is 1. The summed E-state index contributed by atoms with van der Waals surface area (Å²) in [5.41, 5.74) is 2.09. The van der Waals surface area contributed by atoms with E-state index >= 15 is 0 Å². The number of aryl methyl sites for hydroxylation is 1. The largest absolute Gasteiger partial charge is 0.372 e. The molecule has 24 heavy (non-hydrogen) atoms. The van der Waals surface area contributed by atoms with Crippen LogP contribution in [0, 0.1) is 6.92 Å². The van der Waals surface area contributed by atoms with Crippen LogP contribution in [0.1, 0.15) is 24.3 Å². The molecular weight excluding hydrogens is 302 g/mol. The molecule has 1 atom stereocenters. The summed E-state index contributed by atoms with van der Waals surface area (Å²) >= 11 is 0. The van der Waals surface area contributed by atoms with E-state index in [2.05, 4.69) is 32.7 Å². The predicted molar refractivity (Wildman–Crippen MR) is 93.2 cm³/mol. The average molecular weight is 323 g/mol. The number of nitrogens with zero attached hydrogens (tertiary/aromatic N) is 4. The van der Waals surface area contributed by atoms with E-state index in [0.717, 1.165) is 11.3 Å². The molecule has 0 amide bonds. The van der Waals surface area contributed by atoms with Crippen molar-refractivity contribution < 1.29 is 4.74 Å². The van der Waals surface area contributed by atoms with E-state index in [-0.39, 0.29) is 6.10 Å². The molecule has 0 saturated carbocycles. The van der Waals surface area contributed by atoms with Crippen molar-refractivity contribution in [2.24, 2.45) is 0 Å². The Balaban J connectivity index is 1.65. The number of hydrogen-bond donors (Lipinski definition) is 1. The molecule has 6 nitrogen and oxygen atoms in total. The van der Waals surface area contributed by atoms with Crippen molar-refractivity contribution in [1.82, 2.24) is 20.0 Å². The van der Waals surface area contributed by atoms with Crippen LogP contribution in [0.25, 0.3) is 5.82 Å². The maximum atomic E-state index is 5.82. The second kappa shape index (κ2) is 7.70. The topological polar surface area (TPSA) is 64.9 Å². The Hall–Kier alpha value is -2.73. The first-order valence-electron chi connectivity index (χ1n) is 8.03. The minimum atomic E-state index is -0.0218. The summed E-state index contributed by atoms with van der Waals surface area (Å²) in [6.45, 7) is 5.23. The molecule has 1 N–H and O–H groups in total. The number of ether oxygens (including phenoxy) is 1. The lowest BCUT2D eigenvalue weighted by Crippen LogP contribution is -2.17. The van der Waals surface area contributed by atoms with Crippen LogP contribution in [0.3, 0.4) is 0 Å². The number of hydrogen-bond acceptors (Lipinski definition) is 5. The molecule has 0 aliphatic heterocycles. The highest BCUT2D eigenvalue weighted by atomic mass is 16.5. The Morgan fingerprint density at radius 2 is 1.92 bits per heavy atom. The van der Waals surface area contributed by atoms with Crippen LogP contribution in [0.4, 0.5) is 5.82 Å². The highest BCUT2D eigenvalue weighted by molar-refractivity contribution is 5.36. The van der Waals surface area contributed by atoms with Crippen LogP contribution >= 0.6 is 0 Å². The van der Waals surface area contributed by atoms with Crippen molar-refractivity contribution in [2.45, 2.75) is 20.0 Å². The fourth-order valence-electron chi connectivity index (χ4n) is 2.42. The summed E-state index contributed by atoms with van der Waals surface area (Å²) in [4.78, 5) is 0. The Kier molecular flexibility index (Phi) is 5.18. The van der Waals surface area contributed by atoms with E-state index in [1.807, 2.05) is 56.4 Å². The van der Waals surface area contributed by atoms with Gasteiger partial charge in [0.2, 0.25) is 0 Å². The third kappa shape index (κ3) is 3.97. The van der Waals surface area contributed by atoms with Crippen LogP contribution in [-0.2, 0) is 4.74 Å². The summed E-state index contributed by atoms with van der Waals surface area (Å²) in [5, 5.41) is 16.0. The fourth-order valence-corrected chi connectivity index (χ4v) is 2.42. The van der Waals surface area contributed by atoms with Gasteiger partial charge in [-0.05, 0) is 37.6 Å². The van der Waals surface area contributed by atoms with Crippen molar-refractivity contribution in [3.05, 3.63) is 66.0 Å². The molecule has 0 saturated heterocycles. The van der Waals surface area contributed by atoms with Gasteiger partial charge in [0.1, 0.15) is 5.82 Å². The van der Waals surface area contributed by atoms with Crippen molar-refractivity contribution in [3.63, 3.8) is 0 Å². The third-order valence-electron chi connectivity index (χ3n) is 3.62. The van der Waals surface area contributed by atoms with E-state index in [0.29, 0.717) is 24.8 Å². The molecular formula is C18H21N5O. The standard InChI is InChI=1S/C18H21N5O/c1-3-24-16(15-7-5-4-6-8-15)13-19-17-9-10-18(21-20-17)23-12-11-14(2)22-23/h4-12,16H,3,13H2,1-2H3,(H,19,20). The fraction of sp³-hybridized carbons (Fsp3) is 0.278. The maximum Gasteiger partial charge on any atom is 0.175 e. The summed E-state index contributed by atoms with van der Waals surface area (Å²) in [6.07, 6.45) is 1.85. The van der Waals surface area contributed by atoms with Crippen molar-refractivity contribution >= 4 is 5.82 Å². The maximum absolute atomic E-state index is 5.82. The third-order valence-corrected chi connectivity index (χ3v) is 3.62. The molecule has 2 aromatic heterocycles. The Bertz CT molecular complexity index is 755. The van der Waals surface area contributed by atoms with Crippen molar-refractivity contribution in [2.75, 3.05) is 18.5 Å². The predicted octanol–water partition coefficient (Wildman–Crippen LogP) is 3.16. The molecule has 3 rings (SSSR count). The molecule has 0 aliphatic carbocycles. The molecule has 0 aliphatic rings. The van der Waals surface area contributed by atoms with Gasteiger partial charge in [-0.2, -0.15) is 5.10 Å². The van der Waals surface area contributed by atoms with Gasteiger partial charge in [0.15, 0.2) is 5.82 Å². The lowest BCUT2D eigenvalue weighted by molar-refractivity contribution is 0.0718. The molecule has 0 spiro atoms. The smallest absolute Gasteiger partial charge is 0.175 e. The monoisotopic (exact) mass is 323 g/mol. The summed E-state index contributed by atoms with van der Waals surface area (Å²) < 4.78 is 7.53. The van der Waals surface area contributed by atoms with Crippen LogP contribution in [0.2, 0.25) is 0 Å². The Morgan fingerprint density at radius 3 is 2.54 bits per heavy atom. The van der Waals surface area contributed by atoms with Gasteiger partial charge in [-0.25, -0.2) is 4.68 Å². The lowest BCUT2D eigenvalue weighted by Gasteiger charge is -2.18. The SMILES string of the molecule is CCOC(CNc1ccc(-n2ccc(C)n2)nn1)c1ccccc1. The normalized spacial score (nSPS) is 12.1. The van der Waals surface area contributed by atoms with Gasteiger partial charge in [0, 0.05) is 19.3 Å². The first kappa shape index (κ1) is 16.1. The molecule has 0 radical (unpaired) electrons. The quantitative estimate of drug-likeness (QED) is 0.723. The molecule has 2 heterocycles. The summed E-state index contributed by atoms with van der Waals surface area (Å²) in [5.74, 6) is 1.40.